The Hall–Kier alpha value is -2.66. The van der Waals surface area contributed by atoms with Crippen LogP contribution in [0.25, 0.3) is 0 Å². The summed E-state index contributed by atoms with van der Waals surface area (Å²) < 4.78 is 7.37. The molecule has 1 atom stereocenters. The van der Waals surface area contributed by atoms with Gasteiger partial charge in [-0.05, 0) is 12.1 Å². The fraction of sp³-hybridized carbons (Fsp3) is 0.0909. The molecule has 0 aliphatic rings. The number of carbonyl (C=O) groups is 2. The number of amides is 1. The predicted octanol–water partition coefficient (Wildman–Crippen LogP) is 0.894. The lowest BCUT2D eigenvalue weighted by atomic mass is 10.0. The largest absolute Gasteiger partial charge is 0.309 e. The number of rotatable bonds is 4. The van der Waals surface area contributed by atoms with E-state index in [1.165, 1.54) is 12.4 Å². The number of anilines is 1. The van der Waals surface area contributed by atoms with Crippen molar-refractivity contribution in [3.8, 4) is 6.07 Å². The Morgan fingerprint density at radius 1 is 1.42 bits per heavy atom. The van der Waals surface area contributed by atoms with Crippen molar-refractivity contribution >= 4 is 29.2 Å². The molecule has 94 valence electrons. The number of ketones is 1. The summed E-state index contributed by atoms with van der Waals surface area (Å²) in [5, 5.41) is 11.3. The van der Waals surface area contributed by atoms with E-state index in [0.29, 0.717) is 0 Å². The molecule has 2 aromatic heterocycles. The van der Waals surface area contributed by atoms with Crippen LogP contribution in [0.3, 0.4) is 0 Å². The molecule has 0 saturated carbocycles. The Balaban J connectivity index is 2.13. The number of aromatic nitrogens is 3. The maximum Gasteiger partial charge on any atom is 0.250 e. The highest BCUT2D eigenvalue weighted by Gasteiger charge is 2.29. The Kier molecular flexibility index (Phi) is 3.90. The lowest BCUT2D eigenvalue weighted by molar-refractivity contribution is -0.117. The van der Waals surface area contributed by atoms with Gasteiger partial charge in [-0.2, -0.15) is 14.0 Å². The van der Waals surface area contributed by atoms with Gasteiger partial charge in [0, 0.05) is 6.20 Å². The van der Waals surface area contributed by atoms with Crippen molar-refractivity contribution in [2.24, 2.45) is 5.92 Å². The fourth-order valence-corrected chi connectivity index (χ4v) is 1.71. The Morgan fingerprint density at radius 3 is 2.84 bits per heavy atom. The predicted molar refractivity (Wildman–Crippen MR) is 66.2 cm³/mol. The summed E-state index contributed by atoms with van der Waals surface area (Å²) in [7, 11) is 0. The third-order valence-electron chi connectivity index (χ3n) is 2.18. The first kappa shape index (κ1) is 12.8. The third-order valence-corrected chi connectivity index (χ3v) is 2.66. The first-order valence-corrected chi connectivity index (χ1v) is 5.88. The normalized spacial score (nSPS) is 11.3. The summed E-state index contributed by atoms with van der Waals surface area (Å²) in [5.41, 5.74) is 0.00715. The molecule has 0 bridgehead atoms. The van der Waals surface area contributed by atoms with Crippen molar-refractivity contribution in [2.75, 3.05) is 5.32 Å². The number of hydrogen-bond acceptors (Lipinski definition) is 7. The van der Waals surface area contributed by atoms with Gasteiger partial charge >= 0.3 is 0 Å². The summed E-state index contributed by atoms with van der Waals surface area (Å²) >= 11 is 0.837. The van der Waals surface area contributed by atoms with Gasteiger partial charge in [-0.15, -0.1) is 0 Å². The molecule has 2 heterocycles. The molecule has 0 aliphatic heterocycles. The molecule has 0 saturated heterocycles. The molecule has 0 radical (unpaired) electrons. The second-order valence-corrected chi connectivity index (χ2v) is 3.98. The Labute approximate surface area is 112 Å². The highest BCUT2D eigenvalue weighted by atomic mass is 32.1. The summed E-state index contributed by atoms with van der Waals surface area (Å²) in [4.78, 5) is 27.6. The first-order valence-electron chi connectivity index (χ1n) is 5.15. The molecule has 1 unspecified atom stereocenters. The molecular weight excluding hydrogens is 266 g/mol. The minimum absolute atomic E-state index is 0.00715. The number of nitrogens with zero attached hydrogens (tertiary/aromatic N) is 4. The number of nitrogens with one attached hydrogen (secondary N) is 1. The highest BCUT2D eigenvalue weighted by Crippen LogP contribution is 2.10. The van der Waals surface area contributed by atoms with E-state index in [0.717, 1.165) is 11.7 Å². The quantitative estimate of drug-likeness (QED) is 0.654. The van der Waals surface area contributed by atoms with Gasteiger partial charge in [-0.25, -0.2) is 4.98 Å². The van der Waals surface area contributed by atoms with Gasteiger partial charge in [-0.3, -0.25) is 9.59 Å². The minimum Gasteiger partial charge on any atom is -0.309 e. The Bertz CT molecular complexity index is 620. The molecule has 2 aromatic rings. The molecule has 7 nitrogen and oxygen atoms in total. The van der Waals surface area contributed by atoms with E-state index in [4.69, 9.17) is 5.26 Å². The van der Waals surface area contributed by atoms with Gasteiger partial charge < -0.3 is 5.32 Å². The molecule has 1 N–H and O–H groups in total. The van der Waals surface area contributed by atoms with Gasteiger partial charge in [0.2, 0.25) is 5.78 Å². The summed E-state index contributed by atoms with van der Waals surface area (Å²) in [6, 6.07) is 6.58. The zero-order valence-electron chi connectivity index (χ0n) is 9.48. The van der Waals surface area contributed by atoms with Crippen molar-refractivity contribution in [3.05, 3.63) is 36.3 Å². The molecule has 0 fully saturated rings. The molecular formula is C11H7N5O2S. The van der Waals surface area contributed by atoms with E-state index in [2.05, 4.69) is 19.0 Å². The molecule has 0 aliphatic carbocycles. The Morgan fingerprint density at radius 2 is 2.26 bits per heavy atom. The van der Waals surface area contributed by atoms with Crippen molar-refractivity contribution in [1.82, 2.24) is 13.7 Å². The van der Waals surface area contributed by atoms with Crippen LogP contribution in [-0.2, 0) is 4.79 Å². The second-order valence-electron chi connectivity index (χ2n) is 3.42. The van der Waals surface area contributed by atoms with Crippen LogP contribution in [0.15, 0.2) is 30.6 Å². The lowest BCUT2D eigenvalue weighted by Crippen LogP contribution is -2.29. The zero-order valence-corrected chi connectivity index (χ0v) is 10.3. The molecule has 1 amide bonds. The van der Waals surface area contributed by atoms with Crippen LogP contribution in [0.4, 0.5) is 5.82 Å². The smallest absolute Gasteiger partial charge is 0.250 e. The number of carbonyl (C=O) groups excluding carboxylic acids is 2. The lowest BCUT2D eigenvalue weighted by Gasteiger charge is -2.07. The van der Waals surface area contributed by atoms with Gasteiger partial charge in [0.25, 0.3) is 5.91 Å². The monoisotopic (exact) mass is 273 g/mol. The molecule has 0 spiro atoms. The maximum atomic E-state index is 11.9. The molecule has 0 aromatic carbocycles. The number of nitriles is 1. The number of Topliss-reactive ketones (excluding diaryl/α,β-unsaturated/α-hetero) is 1. The van der Waals surface area contributed by atoms with Gasteiger partial charge in [-0.1, -0.05) is 6.07 Å². The van der Waals surface area contributed by atoms with E-state index in [1.54, 1.807) is 24.3 Å². The van der Waals surface area contributed by atoms with Crippen molar-refractivity contribution in [1.29, 1.82) is 5.26 Å². The van der Waals surface area contributed by atoms with Crippen molar-refractivity contribution in [2.45, 2.75) is 0 Å². The van der Waals surface area contributed by atoms with E-state index >= 15 is 0 Å². The van der Waals surface area contributed by atoms with Gasteiger partial charge in [0.15, 0.2) is 5.92 Å². The van der Waals surface area contributed by atoms with Crippen LogP contribution in [-0.4, -0.2) is 25.4 Å². The maximum absolute atomic E-state index is 11.9. The van der Waals surface area contributed by atoms with E-state index < -0.39 is 17.6 Å². The molecule has 2 rings (SSSR count). The van der Waals surface area contributed by atoms with Crippen LogP contribution < -0.4 is 5.32 Å². The van der Waals surface area contributed by atoms with Crippen molar-refractivity contribution < 1.29 is 9.59 Å². The minimum atomic E-state index is -1.47. The van der Waals surface area contributed by atoms with Crippen LogP contribution in [0.1, 0.15) is 10.5 Å². The van der Waals surface area contributed by atoms with Crippen LogP contribution in [0, 0.1) is 17.2 Å². The average Bonchev–Trinajstić information content (AvgIpc) is 2.94. The summed E-state index contributed by atoms with van der Waals surface area (Å²) in [6.07, 6.45) is 2.72. The zero-order chi connectivity index (χ0) is 13.7. The third kappa shape index (κ3) is 2.97. The fourth-order valence-electron chi connectivity index (χ4n) is 1.29. The van der Waals surface area contributed by atoms with Crippen LogP contribution in [0.2, 0.25) is 0 Å². The van der Waals surface area contributed by atoms with E-state index in [1.807, 2.05) is 0 Å². The van der Waals surface area contributed by atoms with Gasteiger partial charge in [0.1, 0.15) is 11.5 Å². The first-order chi connectivity index (χ1) is 9.22. The molecule has 8 heteroatoms. The highest BCUT2D eigenvalue weighted by molar-refractivity contribution is 6.99. The van der Waals surface area contributed by atoms with Crippen LogP contribution in [0.5, 0.6) is 0 Å². The standard InChI is InChI=1S/C11H7N5O2S/c12-5-7(10(17)8-6-14-19-16-8)11(18)15-9-3-1-2-4-13-9/h1-4,6-7H,(H,13,15,18). The van der Waals surface area contributed by atoms with Gasteiger partial charge in [0.05, 0.1) is 24.0 Å². The number of pyridine rings is 1. The topological polar surface area (TPSA) is 109 Å². The van der Waals surface area contributed by atoms with Crippen molar-refractivity contribution in [3.63, 3.8) is 0 Å². The van der Waals surface area contributed by atoms with E-state index in [-0.39, 0.29) is 11.5 Å². The SMILES string of the molecule is N#CC(C(=O)Nc1ccccn1)C(=O)c1cnsn1. The molecule has 19 heavy (non-hydrogen) atoms. The summed E-state index contributed by atoms with van der Waals surface area (Å²) in [6.45, 7) is 0. The summed E-state index contributed by atoms with van der Waals surface area (Å²) in [5.74, 6) is -2.60. The number of hydrogen-bond donors (Lipinski definition) is 1. The van der Waals surface area contributed by atoms with Crippen LogP contribution >= 0.6 is 11.7 Å². The average molecular weight is 273 g/mol. The van der Waals surface area contributed by atoms with E-state index in [9.17, 15) is 9.59 Å². The second kappa shape index (κ2) is 5.79.